The molecule has 0 bridgehead atoms. The number of rotatable bonds is 2. The van der Waals surface area contributed by atoms with Crippen LogP contribution in [-0.2, 0) is 0 Å². The fourth-order valence-corrected chi connectivity index (χ4v) is 2.30. The summed E-state index contributed by atoms with van der Waals surface area (Å²) in [5, 5.41) is 6.21. The molecule has 1 aromatic rings. The monoisotopic (exact) mass is 247 g/mol. The van der Waals surface area contributed by atoms with Gasteiger partial charge in [0, 0.05) is 24.8 Å². The van der Waals surface area contributed by atoms with Crippen LogP contribution in [-0.4, -0.2) is 37.1 Å². The minimum atomic E-state index is 0.00940. The van der Waals surface area contributed by atoms with Gasteiger partial charge in [0.2, 0.25) is 0 Å². The van der Waals surface area contributed by atoms with Crippen molar-refractivity contribution in [3.05, 3.63) is 29.8 Å². The predicted octanol–water partition coefficient (Wildman–Crippen LogP) is 2.21. The Morgan fingerprint density at radius 2 is 2.06 bits per heavy atom. The van der Waals surface area contributed by atoms with Crippen molar-refractivity contribution in [3.8, 4) is 0 Å². The average Bonchev–Trinajstić information content (AvgIpc) is 2.39. The molecule has 1 aromatic carbocycles. The molecule has 18 heavy (non-hydrogen) atoms. The second-order valence-electron chi connectivity index (χ2n) is 4.85. The van der Waals surface area contributed by atoms with E-state index in [0.29, 0.717) is 6.04 Å². The zero-order valence-electron chi connectivity index (χ0n) is 11.1. The van der Waals surface area contributed by atoms with E-state index in [0.717, 1.165) is 37.2 Å². The second-order valence-corrected chi connectivity index (χ2v) is 4.85. The minimum Gasteiger partial charge on any atom is -0.324 e. The molecule has 0 aromatic heterocycles. The molecular weight excluding hydrogens is 226 g/mol. The number of hydrogen-bond acceptors (Lipinski definition) is 2. The van der Waals surface area contributed by atoms with Crippen molar-refractivity contribution in [2.45, 2.75) is 25.8 Å². The van der Waals surface area contributed by atoms with E-state index in [1.807, 2.05) is 43.1 Å². The van der Waals surface area contributed by atoms with Crippen LogP contribution in [0.15, 0.2) is 24.3 Å². The summed E-state index contributed by atoms with van der Waals surface area (Å²) in [5.41, 5.74) is 2.03. The lowest BCUT2D eigenvalue weighted by atomic mass is 10.1. The summed E-state index contributed by atoms with van der Waals surface area (Å²) in [6, 6.07) is 8.44. The fourth-order valence-electron chi connectivity index (χ4n) is 2.30. The smallest absolute Gasteiger partial charge is 0.321 e. The van der Waals surface area contributed by atoms with Gasteiger partial charge in [-0.05, 0) is 44.5 Å². The van der Waals surface area contributed by atoms with Crippen LogP contribution < -0.4 is 10.6 Å². The van der Waals surface area contributed by atoms with Gasteiger partial charge in [-0.25, -0.2) is 4.79 Å². The Morgan fingerprint density at radius 3 is 2.67 bits per heavy atom. The molecule has 0 saturated carbocycles. The van der Waals surface area contributed by atoms with Crippen LogP contribution in [0.2, 0.25) is 0 Å². The molecule has 1 heterocycles. The summed E-state index contributed by atoms with van der Waals surface area (Å²) in [6.45, 7) is 3.67. The molecule has 1 aliphatic heterocycles. The number of amides is 2. The number of likely N-dealkylation sites (tertiary alicyclic amines) is 1. The number of nitrogens with one attached hydrogen (secondary N) is 2. The third-order valence-corrected chi connectivity index (χ3v) is 3.46. The summed E-state index contributed by atoms with van der Waals surface area (Å²) in [6.07, 6.45) is 2.05. The van der Waals surface area contributed by atoms with E-state index < -0.39 is 0 Å². The van der Waals surface area contributed by atoms with Crippen LogP contribution in [0, 0.1) is 6.92 Å². The first-order chi connectivity index (χ1) is 8.69. The van der Waals surface area contributed by atoms with Gasteiger partial charge >= 0.3 is 6.03 Å². The van der Waals surface area contributed by atoms with Crippen LogP contribution in [0.25, 0.3) is 0 Å². The first kappa shape index (κ1) is 12.9. The lowest BCUT2D eigenvalue weighted by Crippen LogP contribution is -2.45. The third kappa shape index (κ3) is 3.23. The van der Waals surface area contributed by atoms with Crippen LogP contribution >= 0.6 is 0 Å². The molecule has 0 spiro atoms. The molecule has 2 amide bonds. The number of piperidine rings is 1. The molecule has 1 fully saturated rings. The molecule has 2 rings (SSSR count). The van der Waals surface area contributed by atoms with Gasteiger partial charge in [-0.1, -0.05) is 12.1 Å². The molecule has 2 N–H and O–H groups in total. The number of carbonyl (C=O) groups excluding carboxylic acids is 1. The average molecular weight is 247 g/mol. The largest absolute Gasteiger partial charge is 0.324 e. The van der Waals surface area contributed by atoms with Crippen LogP contribution in [0.4, 0.5) is 10.5 Å². The number of nitrogens with zero attached hydrogens (tertiary/aromatic N) is 1. The maximum absolute atomic E-state index is 12.1. The van der Waals surface area contributed by atoms with Gasteiger partial charge in [-0.15, -0.1) is 0 Å². The Hall–Kier alpha value is -1.55. The fraction of sp³-hybridized carbons (Fsp3) is 0.500. The van der Waals surface area contributed by atoms with Crippen molar-refractivity contribution in [2.24, 2.45) is 0 Å². The first-order valence-electron chi connectivity index (χ1n) is 6.49. The molecule has 4 nitrogen and oxygen atoms in total. The summed E-state index contributed by atoms with van der Waals surface area (Å²) in [4.78, 5) is 14.0. The van der Waals surface area contributed by atoms with Gasteiger partial charge < -0.3 is 15.5 Å². The normalized spacial score (nSPS) is 16.7. The first-order valence-corrected chi connectivity index (χ1v) is 6.49. The highest BCUT2D eigenvalue weighted by Gasteiger charge is 2.21. The third-order valence-electron chi connectivity index (χ3n) is 3.46. The highest BCUT2D eigenvalue weighted by molar-refractivity contribution is 5.89. The second kappa shape index (κ2) is 5.87. The number of carbonyl (C=O) groups is 1. The van der Waals surface area contributed by atoms with Gasteiger partial charge in [0.1, 0.15) is 0 Å². The van der Waals surface area contributed by atoms with Crippen molar-refractivity contribution < 1.29 is 4.79 Å². The summed E-state index contributed by atoms with van der Waals surface area (Å²) in [7, 11) is 1.98. The Morgan fingerprint density at radius 1 is 1.33 bits per heavy atom. The molecule has 0 aliphatic carbocycles. The number of urea groups is 1. The van der Waals surface area contributed by atoms with Crippen LogP contribution in [0.3, 0.4) is 0 Å². The van der Waals surface area contributed by atoms with Crippen molar-refractivity contribution in [1.29, 1.82) is 0 Å². The summed E-state index contributed by atoms with van der Waals surface area (Å²) in [5.74, 6) is 0. The van der Waals surface area contributed by atoms with E-state index in [9.17, 15) is 4.79 Å². The lowest BCUT2D eigenvalue weighted by molar-refractivity contribution is 0.190. The Bertz CT molecular complexity index is 411. The number of hydrogen-bond donors (Lipinski definition) is 2. The predicted molar refractivity (Wildman–Crippen MR) is 73.9 cm³/mol. The lowest BCUT2D eigenvalue weighted by Gasteiger charge is -2.31. The quantitative estimate of drug-likeness (QED) is 0.841. The Kier molecular flexibility index (Phi) is 4.20. The van der Waals surface area contributed by atoms with E-state index in [4.69, 9.17) is 0 Å². The molecule has 0 atom stereocenters. The molecule has 4 heteroatoms. The van der Waals surface area contributed by atoms with Crippen LogP contribution in [0.1, 0.15) is 18.4 Å². The Balaban J connectivity index is 1.89. The van der Waals surface area contributed by atoms with Crippen molar-refractivity contribution in [3.63, 3.8) is 0 Å². The Labute approximate surface area is 108 Å². The van der Waals surface area contributed by atoms with Crippen molar-refractivity contribution in [2.75, 3.05) is 25.5 Å². The van der Waals surface area contributed by atoms with Crippen molar-refractivity contribution in [1.82, 2.24) is 10.2 Å². The number of aryl methyl sites for hydroxylation is 1. The van der Waals surface area contributed by atoms with Gasteiger partial charge in [0.05, 0.1) is 0 Å². The van der Waals surface area contributed by atoms with Gasteiger partial charge in [-0.2, -0.15) is 0 Å². The van der Waals surface area contributed by atoms with Gasteiger partial charge in [0.25, 0.3) is 0 Å². The van der Waals surface area contributed by atoms with E-state index >= 15 is 0 Å². The maximum Gasteiger partial charge on any atom is 0.321 e. The van der Waals surface area contributed by atoms with E-state index in [1.165, 1.54) is 0 Å². The zero-order valence-corrected chi connectivity index (χ0v) is 11.1. The number of benzene rings is 1. The minimum absolute atomic E-state index is 0.00940. The number of anilines is 1. The SMILES string of the molecule is CNC1CCN(C(=O)Nc2cccc(C)c2)CC1. The van der Waals surface area contributed by atoms with Crippen LogP contribution in [0.5, 0.6) is 0 Å². The highest BCUT2D eigenvalue weighted by Crippen LogP contribution is 2.14. The molecule has 1 saturated heterocycles. The summed E-state index contributed by atoms with van der Waals surface area (Å²) >= 11 is 0. The molecule has 1 aliphatic rings. The molecule has 0 unspecified atom stereocenters. The summed E-state index contributed by atoms with van der Waals surface area (Å²) < 4.78 is 0. The van der Waals surface area contributed by atoms with Gasteiger partial charge in [0.15, 0.2) is 0 Å². The zero-order chi connectivity index (χ0) is 13.0. The standard InChI is InChI=1S/C14H21N3O/c1-11-4-3-5-13(10-11)16-14(18)17-8-6-12(15-2)7-9-17/h3-5,10,12,15H,6-9H2,1-2H3,(H,16,18). The van der Waals surface area contributed by atoms with Crippen molar-refractivity contribution >= 4 is 11.7 Å². The maximum atomic E-state index is 12.1. The molecular formula is C14H21N3O. The van der Waals surface area contributed by atoms with E-state index in [2.05, 4.69) is 10.6 Å². The topological polar surface area (TPSA) is 44.4 Å². The van der Waals surface area contributed by atoms with E-state index in [1.54, 1.807) is 0 Å². The molecule has 98 valence electrons. The highest BCUT2D eigenvalue weighted by atomic mass is 16.2. The van der Waals surface area contributed by atoms with Gasteiger partial charge in [-0.3, -0.25) is 0 Å². The van der Waals surface area contributed by atoms with E-state index in [-0.39, 0.29) is 6.03 Å². The molecule has 0 radical (unpaired) electrons.